The number of rotatable bonds is 6. The molecule has 0 aliphatic heterocycles. The van der Waals surface area contributed by atoms with Crippen molar-refractivity contribution in [3.8, 4) is 0 Å². The van der Waals surface area contributed by atoms with Crippen LogP contribution < -0.4 is 4.31 Å². The van der Waals surface area contributed by atoms with Crippen molar-refractivity contribution >= 4 is 33.0 Å². The van der Waals surface area contributed by atoms with E-state index in [9.17, 15) is 13.2 Å². The zero-order chi connectivity index (χ0) is 14.8. The molecule has 0 radical (unpaired) electrons. The van der Waals surface area contributed by atoms with Crippen molar-refractivity contribution in [3.05, 3.63) is 29.8 Å². The third-order valence-electron chi connectivity index (χ3n) is 3.18. The quantitative estimate of drug-likeness (QED) is 0.832. The maximum Gasteiger partial charge on any atom is 0.233 e. The van der Waals surface area contributed by atoms with E-state index in [0.717, 1.165) is 24.5 Å². The molecule has 0 unspecified atom stereocenters. The molecule has 20 heavy (non-hydrogen) atoms. The first-order valence-corrected chi connectivity index (χ1v) is 8.37. The molecule has 6 heteroatoms. The monoisotopic (exact) mass is 294 g/mol. The highest BCUT2D eigenvalue weighted by molar-refractivity contribution is 7.92. The fourth-order valence-corrected chi connectivity index (χ4v) is 3.08. The first kappa shape index (κ1) is 14.6. The topological polar surface area (TPSA) is 70.2 Å². The molecule has 1 aromatic carbocycles. The average Bonchev–Trinajstić information content (AvgIpc) is 2.80. The van der Waals surface area contributed by atoms with Gasteiger partial charge in [0.15, 0.2) is 6.29 Å². The number of hydrogen-bond acceptors (Lipinski definition) is 3. The Hall–Kier alpha value is -1.82. The highest BCUT2D eigenvalue weighted by atomic mass is 32.2. The summed E-state index contributed by atoms with van der Waals surface area (Å²) in [5.41, 5.74) is 1.19. The fourth-order valence-electron chi connectivity index (χ4n) is 2.16. The van der Waals surface area contributed by atoms with E-state index >= 15 is 0 Å². The average molecular weight is 294 g/mol. The van der Waals surface area contributed by atoms with Crippen LogP contribution in [0.5, 0.6) is 0 Å². The molecule has 0 atom stereocenters. The van der Waals surface area contributed by atoms with Crippen molar-refractivity contribution in [1.82, 2.24) is 4.98 Å². The number of hydrogen-bond donors (Lipinski definition) is 1. The van der Waals surface area contributed by atoms with Crippen molar-refractivity contribution < 1.29 is 13.2 Å². The number of aromatic nitrogens is 1. The predicted molar refractivity (Wildman–Crippen MR) is 80.8 cm³/mol. The molecule has 1 heterocycles. The van der Waals surface area contributed by atoms with Crippen LogP contribution in [0.3, 0.4) is 0 Å². The van der Waals surface area contributed by atoms with Gasteiger partial charge in [-0.15, -0.1) is 0 Å². The lowest BCUT2D eigenvalue weighted by atomic mass is 10.2. The van der Waals surface area contributed by atoms with Crippen LogP contribution in [0.15, 0.2) is 24.3 Å². The lowest BCUT2D eigenvalue weighted by Crippen LogP contribution is -2.31. The van der Waals surface area contributed by atoms with Gasteiger partial charge in [0.05, 0.1) is 11.8 Å². The number of aldehydes is 1. The number of nitrogens with one attached hydrogen (secondary N) is 1. The number of unbranched alkanes of at least 4 members (excludes halogenated alkanes) is 1. The Morgan fingerprint density at radius 1 is 1.35 bits per heavy atom. The minimum absolute atomic E-state index is 0.429. The van der Waals surface area contributed by atoms with Crippen LogP contribution in [-0.4, -0.2) is 32.5 Å². The van der Waals surface area contributed by atoms with Crippen molar-refractivity contribution in [2.45, 2.75) is 19.8 Å². The highest BCUT2D eigenvalue weighted by Crippen LogP contribution is 2.25. The van der Waals surface area contributed by atoms with Crippen LogP contribution in [0.2, 0.25) is 0 Å². The zero-order valence-corrected chi connectivity index (χ0v) is 12.4. The summed E-state index contributed by atoms with van der Waals surface area (Å²) in [6.45, 7) is 2.44. The van der Waals surface area contributed by atoms with Gasteiger partial charge in [-0.1, -0.05) is 25.5 Å². The molecule has 5 nitrogen and oxygen atoms in total. The van der Waals surface area contributed by atoms with Gasteiger partial charge in [-0.25, -0.2) is 8.42 Å². The number of H-pyrrole nitrogens is 1. The molecule has 0 spiro atoms. The first-order valence-electron chi connectivity index (χ1n) is 6.52. The van der Waals surface area contributed by atoms with Crippen LogP contribution in [0.1, 0.15) is 30.1 Å². The van der Waals surface area contributed by atoms with Crippen LogP contribution in [0.4, 0.5) is 5.82 Å². The van der Waals surface area contributed by atoms with Crippen molar-refractivity contribution in [2.75, 3.05) is 17.1 Å². The molecule has 0 aliphatic carbocycles. The summed E-state index contributed by atoms with van der Waals surface area (Å²) >= 11 is 0. The van der Waals surface area contributed by atoms with Crippen molar-refractivity contribution in [1.29, 1.82) is 0 Å². The van der Waals surface area contributed by atoms with Gasteiger partial charge in [-0.05, 0) is 18.6 Å². The third kappa shape index (κ3) is 2.85. The third-order valence-corrected chi connectivity index (χ3v) is 4.36. The molecule has 0 fully saturated rings. The van der Waals surface area contributed by atoms with Crippen LogP contribution in [0, 0.1) is 0 Å². The zero-order valence-electron chi connectivity index (χ0n) is 11.6. The molecule has 0 saturated carbocycles. The van der Waals surface area contributed by atoms with Gasteiger partial charge >= 0.3 is 0 Å². The van der Waals surface area contributed by atoms with Crippen LogP contribution in [-0.2, 0) is 10.0 Å². The Morgan fingerprint density at radius 2 is 2.10 bits per heavy atom. The van der Waals surface area contributed by atoms with E-state index in [1.54, 1.807) is 18.2 Å². The van der Waals surface area contributed by atoms with Gasteiger partial charge in [0.2, 0.25) is 10.0 Å². The summed E-state index contributed by atoms with van der Waals surface area (Å²) in [5, 5.41) is 0.828. The number of carbonyl (C=O) groups excluding carboxylic acids is 1. The fraction of sp³-hybridized carbons (Fsp3) is 0.357. The van der Waals surface area contributed by atoms with Gasteiger partial charge in [-0.2, -0.15) is 0 Å². The second-order valence-electron chi connectivity index (χ2n) is 4.77. The summed E-state index contributed by atoms with van der Waals surface area (Å²) in [5.74, 6) is 0.505. The summed E-state index contributed by atoms with van der Waals surface area (Å²) in [7, 11) is -3.34. The lowest BCUT2D eigenvalue weighted by molar-refractivity contribution is 0.112. The van der Waals surface area contributed by atoms with Crippen LogP contribution in [0.25, 0.3) is 10.9 Å². The molecule has 0 bridgehead atoms. The Morgan fingerprint density at radius 3 is 2.70 bits per heavy atom. The van der Waals surface area contributed by atoms with E-state index in [0.29, 0.717) is 23.4 Å². The number of benzene rings is 1. The Labute approximate surface area is 118 Å². The predicted octanol–water partition coefficient (Wildman–Crippen LogP) is 2.55. The van der Waals surface area contributed by atoms with Crippen molar-refractivity contribution in [2.24, 2.45) is 0 Å². The normalized spacial score (nSPS) is 11.7. The van der Waals surface area contributed by atoms with E-state index < -0.39 is 10.0 Å². The van der Waals surface area contributed by atoms with Gasteiger partial charge in [0.25, 0.3) is 0 Å². The summed E-state index contributed by atoms with van der Waals surface area (Å²) in [4.78, 5) is 14.1. The number of anilines is 1. The highest BCUT2D eigenvalue weighted by Gasteiger charge is 2.19. The molecule has 1 N–H and O–H groups in total. The first-order chi connectivity index (χ1) is 9.47. The van der Waals surface area contributed by atoms with Gasteiger partial charge in [0, 0.05) is 17.5 Å². The van der Waals surface area contributed by atoms with E-state index in [2.05, 4.69) is 4.98 Å². The van der Waals surface area contributed by atoms with E-state index in [4.69, 9.17) is 0 Å². The minimum atomic E-state index is -3.34. The van der Waals surface area contributed by atoms with Gasteiger partial charge < -0.3 is 4.98 Å². The van der Waals surface area contributed by atoms with Crippen LogP contribution >= 0.6 is 0 Å². The van der Waals surface area contributed by atoms with Gasteiger partial charge in [-0.3, -0.25) is 9.10 Å². The van der Waals surface area contributed by atoms with E-state index in [1.165, 1.54) is 10.6 Å². The Balaban J connectivity index is 2.51. The van der Waals surface area contributed by atoms with Crippen molar-refractivity contribution in [3.63, 3.8) is 0 Å². The second kappa shape index (κ2) is 5.66. The summed E-state index contributed by atoms with van der Waals surface area (Å²) < 4.78 is 25.2. The largest absolute Gasteiger partial charge is 0.340 e. The number of carbonyl (C=O) groups is 1. The molecule has 1 aromatic heterocycles. The number of fused-ring (bicyclic) bond motifs is 1. The molecule has 2 rings (SSSR count). The second-order valence-corrected chi connectivity index (χ2v) is 6.68. The molecule has 2 aromatic rings. The lowest BCUT2D eigenvalue weighted by Gasteiger charge is -2.20. The van der Waals surface area contributed by atoms with E-state index in [1.807, 2.05) is 13.0 Å². The molecule has 0 aliphatic rings. The maximum absolute atomic E-state index is 11.9. The molecule has 108 valence electrons. The standard InChI is InChI=1S/C14H18N2O3S/c1-3-4-8-16(20(2,18)19)13-9-11-6-5-7-12(10-17)14(11)15-13/h5-7,9-10,15H,3-4,8H2,1-2H3. The number of nitrogens with zero attached hydrogens (tertiary/aromatic N) is 1. The van der Waals surface area contributed by atoms with E-state index in [-0.39, 0.29) is 0 Å². The smallest absolute Gasteiger partial charge is 0.233 e. The maximum atomic E-state index is 11.9. The molecule has 0 amide bonds. The summed E-state index contributed by atoms with van der Waals surface area (Å²) in [6.07, 6.45) is 3.64. The van der Waals surface area contributed by atoms with Gasteiger partial charge in [0.1, 0.15) is 5.82 Å². The SMILES string of the molecule is CCCCN(c1cc2cccc(C=O)c2[nH]1)S(C)(=O)=O. The minimum Gasteiger partial charge on any atom is -0.340 e. The molecule has 0 saturated heterocycles. The number of aromatic amines is 1. The molecular formula is C14H18N2O3S. The molecular weight excluding hydrogens is 276 g/mol. The number of para-hydroxylation sites is 1. The number of sulfonamides is 1. The summed E-state index contributed by atoms with van der Waals surface area (Å²) in [6, 6.07) is 7.09. The Bertz CT molecular complexity index is 719. The Kier molecular flexibility index (Phi) is 4.13.